The van der Waals surface area contributed by atoms with Crippen molar-refractivity contribution in [2.24, 2.45) is 11.7 Å². The van der Waals surface area contributed by atoms with Gasteiger partial charge >= 0.3 is 0 Å². The van der Waals surface area contributed by atoms with Crippen LogP contribution in [0.2, 0.25) is 0 Å². The standard InChI is InChI=1S/C14H20N2O2/c1-9(6-15)10(2)16-14(17)11-3-4-12-7-18-8-13(12)5-11/h3-5,9-10H,6-8,15H2,1-2H3,(H,16,17). The molecule has 4 heteroatoms. The van der Waals surface area contributed by atoms with Gasteiger partial charge in [0.1, 0.15) is 0 Å². The molecule has 2 atom stereocenters. The van der Waals surface area contributed by atoms with Crippen LogP contribution in [-0.4, -0.2) is 18.5 Å². The van der Waals surface area contributed by atoms with E-state index < -0.39 is 0 Å². The maximum atomic E-state index is 12.1. The smallest absolute Gasteiger partial charge is 0.251 e. The number of carbonyl (C=O) groups is 1. The second kappa shape index (κ2) is 5.50. The largest absolute Gasteiger partial charge is 0.372 e. The van der Waals surface area contributed by atoms with Gasteiger partial charge in [0.15, 0.2) is 0 Å². The molecule has 1 amide bonds. The molecule has 0 saturated carbocycles. The lowest BCUT2D eigenvalue weighted by molar-refractivity contribution is 0.0929. The SMILES string of the molecule is CC(CN)C(C)NC(=O)c1ccc2c(c1)COC2. The minimum atomic E-state index is -0.0440. The molecule has 1 aliphatic rings. The Morgan fingerprint density at radius 3 is 2.83 bits per heavy atom. The quantitative estimate of drug-likeness (QED) is 0.847. The van der Waals surface area contributed by atoms with E-state index in [-0.39, 0.29) is 17.9 Å². The Kier molecular flexibility index (Phi) is 3.99. The van der Waals surface area contributed by atoms with E-state index in [4.69, 9.17) is 10.5 Å². The first kappa shape index (κ1) is 13.1. The van der Waals surface area contributed by atoms with Gasteiger partial charge < -0.3 is 15.8 Å². The Morgan fingerprint density at radius 1 is 1.39 bits per heavy atom. The summed E-state index contributed by atoms with van der Waals surface area (Å²) in [5.74, 6) is 0.226. The Morgan fingerprint density at radius 2 is 2.11 bits per heavy atom. The zero-order chi connectivity index (χ0) is 13.1. The summed E-state index contributed by atoms with van der Waals surface area (Å²) in [4.78, 5) is 12.1. The van der Waals surface area contributed by atoms with Gasteiger partial charge in [-0.25, -0.2) is 0 Å². The fourth-order valence-electron chi connectivity index (χ4n) is 1.95. The maximum Gasteiger partial charge on any atom is 0.251 e. The monoisotopic (exact) mass is 248 g/mol. The molecule has 0 fully saturated rings. The maximum absolute atomic E-state index is 12.1. The molecule has 1 aromatic carbocycles. The molecule has 0 aliphatic carbocycles. The van der Waals surface area contributed by atoms with Crippen LogP contribution in [0.3, 0.4) is 0 Å². The van der Waals surface area contributed by atoms with Crippen molar-refractivity contribution < 1.29 is 9.53 Å². The van der Waals surface area contributed by atoms with Crippen LogP contribution in [0.25, 0.3) is 0 Å². The van der Waals surface area contributed by atoms with E-state index in [0.29, 0.717) is 25.3 Å². The molecule has 2 unspecified atom stereocenters. The third-order valence-corrected chi connectivity index (χ3v) is 3.57. The molecule has 0 radical (unpaired) electrons. The first-order valence-corrected chi connectivity index (χ1v) is 6.32. The lowest BCUT2D eigenvalue weighted by Crippen LogP contribution is -2.39. The van der Waals surface area contributed by atoms with Crippen LogP contribution in [0.15, 0.2) is 18.2 Å². The van der Waals surface area contributed by atoms with E-state index in [0.717, 1.165) is 5.56 Å². The van der Waals surface area contributed by atoms with Crippen LogP contribution < -0.4 is 11.1 Å². The van der Waals surface area contributed by atoms with E-state index in [1.54, 1.807) is 0 Å². The van der Waals surface area contributed by atoms with Crippen molar-refractivity contribution in [2.75, 3.05) is 6.54 Å². The highest BCUT2D eigenvalue weighted by Gasteiger charge is 2.17. The van der Waals surface area contributed by atoms with Crippen LogP contribution in [0, 0.1) is 5.92 Å². The van der Waals surface area contributed by atoms with E-state index in [1.165, 1.54) is 5.56 Å². The average molecular weight is 248 g/mol. The number of carbonyl (C=O) groups excluding carboxylic acids is 1. The van der Waals surface area contributed by atoms with Crippen molar-refractivity contribution >= 4 is 5.91 Å². The van der Waals surface area contributed by atoms with Crippen LogP contribution in [-0.2, 0) is 18.0 Å². The van der Waals surface area contributed by atoms with E-state index >= 15 is 0 Å². The number of nitrogens with two attached hydrogens (primary N) is 1. The molecule has 1 aliphatic heterocycles. The Hall–Kier alpha value is -1.39. The lowest BCUT2D eigenvalue weighted by atomic mass is 10.0. The topological polar surface area (TPSA) is 64.3 Å². The highest BCUT2D eigenvalue weighted by atomic mass is 16.5. The second-order valence-corrected chi connectivity index (χ2v) is 4.95. The number of amides is 1. The molecule has 0 spiro atoms. The minimum Gasteiger partial charge on any atom is -0.372 e. The summed E-state index contributed by atoms with van der Waals surface area (Å²) in [5.41, 5.74) is 8.57. The number of ether oxygens (including phenoxy) is 1. The van der Waals surface area contributed by atoms with Gasteiger partial charge in [-0.1, -0.05) is 13.0 Å². The highest BCUT2D eigenvalue weighted by Crippen LogP contribution is 2.20. The van der Waals surface area contributed by atoms with Crippen molar-refractivity contribution in [3.05, 3.63) is 34.9 Å². The van der Waals surface area contributed by atoms with Crippen molar-refractivity contribution in [3.63, 3.8) is 0 Å². The van der Waals surface area contributed by atoms with Gasteiger partial charge in [0, 0.05) is 11.6 Å². The molecular weight excluding hydrogens is 228 g/mol. The van der Waals surface area contributed by atoms with Crippen LogP contribution in [0.1, 0.15) is 35.3 Å². The molecule has 0 aromatic heterocycles. The zero-order valence-electron chi connectivity index (χ0n) is 10.9. The lowest BCUT2D eigenvalue weighted by Gasteiger charge is -2.19. The van der Waals surface area contributed by atoms with Crippen LogP contribution in [0.4, 0.5) is 0 Å². The third-order valence-electron chi connectivity index (χ3n) is 3.57. The summed E-state index contributed by atoms with van der Waals surface area (Å²) in [6.07, 6.45) is 0. The van der Waals surface area contributed by atoms with E-state index in [9.17, 15) is 4.79 Å². The number of benzene rings is 1. The Balaban J connectivity index is 2.05. The molecule has 1 aromatic rings. The van der Waals surface area contributed by atoms with Crippen LogP contribution in [0.5, 0.6) is 0 Å². The molecule has 98 valence electrons. The summed E-state index contributed by atoms with van der Waals surface area (Å²) in [5, 5.41) is 2.98. The van der Waals surface area contributed by atoms with Gasteiger partial charge in [0.25, 0.3) is 5.91 Å². The molecule has 3 N–H and O–H groups in total. The molecule has 0 saturated heterocycles. The van der Waals surface area contributed by atoms with Gasteiger partial charge in [-0.3, -0.25) is 4.79 Å². The van der Waals surface area contributed by atoms with Gasteiger partial charge in [0.05, 0.1) is 13.2 Å². The van der Waals surface area contributed by atoms with Gasteiger partial charge in [0.2, 0.25) is 0 Å². The summed E-state index contributed by atoms with van der Waals surface area (Å²) in [7, 11) is 0. The van der Waals surface area contributed by atoms with Crippen molar-refractivity contribution in [2.45, 2.75) is 33.1 Å². The Bertz CT molecular complexity index is 445. The van der Waals surface area contributed by atoms with Crippen molar-refractivity contribution in [1.82, 2.24) is 5.32 Å². The number of nitrogens with one attached hydrogen (secondary N) is 1. The molecular formula is C14H20N2O2. The third kappa shape index (κ3) is 2.71. The van der Waals surface area contributed by atoms with Gasteiger partial charge in [-0.15, -0.1) is 0 Å². The average Bonchev–Trinajstić information content (AvgIpc) is 2.84. The summed E-state index contributed by atoms with van der Waals surface area (Å²) in [6.45, 7) is 5.83. The van der Waals surface area contributed by atoms with E-state index in [2.05, 4.69) is 5.32 Å². The van der Waals surface area contributed by atoms with Crippen LogP contribution >= 0.6 is 0 Å². The molecule has 2 rings (SSSR count). The fraction of sp³-hybridized carbons (Fsp3) is 0.500. The molecule has 1 heterocycles. The summed E-state index contributed by atoms with van der Waals surface area (Å²) >= 11 is 0. The normalized spacial score (nSPS) is 17.1. The summed E-state index contributed by atoms with van der Waals surface area (Å²) < 4.78 is 5.34. The number of hydrogen-bond acceptors (Lipinski definition) is 3. The van der Waals surface area contributed by atoms with Crippen molar-refractivity contribution in [3.8, 4) is 0 Å². The predicted molar refractivity (Wildman–Crippen MR) is 70.1 cm³/mol. The summed E-state index contributed by atoms with van der Waals surface area (Å²) in [6, 6.07) is 5.81. The number of rotatable bonds is 4. The number of hydrogen-bond donors (Lipinski definition) is 2. The number of fused-ring (bicyclic) bond motifs is 1. The molecule has 18 heavy (non-hydrogen) atoms. The Labute approximate surface area is 108 Å². The highest BCUT2D eigenvalue weighted by molar-refractivity contribution is 5.94. The zero-order valence-corrected chi connectivity index (χ0v) is 10.9. The molecule has 0 bridgehead atoms. The predicted octanol–water partition coefficient (Wildman–Crippen LogP) is 1.43. The first-order valence-electron chi connectivity index (χ1n) is 6.32. The fourth-order valence-corrected chi connectivity index (χ4v) is 1.95. The van der Waals surface area contributed by atoms with Gasteiger partial charge in [-0.05, 0) is 42.6 Å². The minimum absolute atomic E-state index is 0.0440. The molecule has 4 nitrogen and oxygen atoms in total. The van der Waals surface area contributed by atoms with E-state index in [1.807, 2.05) is 32.0 Å². The van der Waals surface area contributed by atoms with Gasteiger partial charge in [-0.2, -0.15) is 0 Å². The van der Waals surface area contributed by atoms with Crippen molar-refractivity contribution in [1.29, 1.82) is 0 Å². The first-order chi connectivity index (χ1) is 8.61. The second-order valence-electron chi connectivity index (χ2n) is 4.95.